The molecule has 0 aliphatic carbocycles. The normalized spacial score (nSPS) is 11.4. The van der Waals surface area contributed by atoms with E-state index in [1.165, 1.54) is 18.2 Å². The van der Waals surface area contributed by atoms with Gasteiger partial charge in [-0.25, -0.2) is 18.2 Å². The number of hydrogen-bond acceptors (Lipinski definition) is 3. The van der Waals surface area contributed by atoms with Crippen LogP contribution in [0, 0.1) is 5.82 Å². The van der Waals surface area contributed by atoms with Gasteiger partial charge in [0.2, 0.25) is 0 Å². The SMILES string of the molecule is CN(CCCc1cc(-c2ccc(F)cc2)n[nH]1)C(=O)c1ccc2nc(C(F)F)[nH]c2c1. The second kappa shape index (κ2) is 8.63. The lowest BCUT2D eigenvalue weighted by molar-refractivity contribution is 0.0793. The smallest absolute Gasteiger partial charge is 0.295 e. The third-order valence-electron chi connectivity index (χ3n) is 5.01. The average Bonchev–Trinajstić information content (AvgIpc) is 3.40. The van der Waals surface area contributed by atoms with Crippen molar-refractivity contribution in [2.75, 3.05) is 13.6 Å². The highest BCUT2D eigenvalue weighted by Crippen LogP contribution is 2.21. The molecule has 0 unspecified atom stereocenters. The standard InChI is InChI=1S/C22H20F3N5O/c1-30(22(31)14-6-9-17-19(11-14)27-21(26-17)20(24)25)10-2-3-16-12-18(29-28-16)13-4-7-15(23)8-5-13/h4-9,11-12,20H,2-3,10H2,1H3,(H,26,27)(H,28,29). The van der Waals surface area contributed by atoms with Crippen molar-refractivity contribution in [3.8, 4) is 11.3 Å². The maximum absolute atomic E-state index is 13.1. The average molecular weight is 427 g/mol. The quantitative estimate of drug-likeness (QED) is 0.447. The monoisotopic (exact) mass is 427 g/mol. The van der Waals surface area contributed by atoms with Crippen molar-refractivity contribution in [3.63, 3.8) is 0 Å². The number of aromatic nitrogens is 4. The van der Waals surface area contributed by atoms with Crippen molar-refractivity contribution in [2.24, 2.45) is 0 Å². The molecular formula is C22H20F3N5O. The van der Waals surface area contributed by atoms with Gasteiger partial charge in [0.1, 0.15) is 5.82 Å². The second-order valence-corrected chi connectivity index (χ2v) is 7.27. The Hall–Kier alpha value is -3.62. The van der Waals surface area contributed by atoms with E-state index in [2.05, 4.69) is 20.2 Å². The molecular weight excluding hydrogens is 407 g/mol. The molecule has 0 bridgehead atoms. The minimum absolute atomic E-state index is 0.202. The van der Waals surface area contributed by atoms with Gasteiger partial charge in [-0.1, -0.05) is 0 Å². The van der Waals surface area contributed by atoms with E-state index in [9.17, 15) is 18.0 Å². The fourth-order valence-corrected chi connectivity index (χ4v) is 3.35. The molecule has 4 aromatic rings. The van der Waals surface area contributed by atoms with E-state index in [1.807, 2.05) is 6.07 Å². The van der Waals surface area contributed by atoms with E-state index in [-0.39, 0.29) is 11.7 Å². The van der Waals surface area contributed by atoms with Gasteiger partial charge in [0, 0.05) is 30.4 Å². The number of nitrogens with one attached hydrogen (secondary N) is 2. The number of hydrogen-bond donors (Lipinski definition) is 2. The summed E-state index contributed by atoms with van der Waals surface area (Å²) in [5, 5.41) is 7.21. The van der Waals surface area contributed by atoms with Crippen molar-refractivity contribution < 1.29 is 18.0 Å². The van der Waals surface area contributed by atoms with Gasteiger partial charge in [-0.2, -0.15) is 5.10 Å². The number of imidazole rings is 1. The minimum atomic E-state index is -2.69. The molecule has 31 heavy (non-hydrogen) atoms. The molecule has 0 radical (unpaired) electrons. The Balaban J connectivity index is 1.34. The van der Waals surface area contributed by atoms with Crippen LogP contribution in [0.15, 0.2) is 48.5 Å². The summed E-state index contributed by atoms with van der Waals surface area (Å²) < 4.78 is 38.6. The molecule has 6 nitrogen and oxygen atoms in total. The Labute approximate surface area is 176 Å². The van der Waals surface area contributed by atoms with Gasteiger partial charge in [-0.05, 0) is 61.4 Å². The largest absolute Gasteiger partial charge is 0.342 e. The van der Waals surface area contributed by atoms with Crippen molar-refractivity contribution in [1.29, 1.82) is 0 Å². The Bertz CT molecular complexity index is 1200. The molecule has 0 atom stereocenters. The molecule has 0 spiro atoms. The van der Waals surface area contributed by atoms with Gasteiger partial charge in [0.05, 0.1) is 16.7 Å². The lowest BCUT2D eigenvalue weighted by atomic mass is 10.1. The zero-order valence-corrected chi connectivity index (χ0v) is 16.7. The number of halogens is 3. The van der Waals surface area contributed by atoms with Crippen LogP contribution < -0.4 is 0 Å². The molecule has 0 fully saturated rings. The number of H-pyrrole nitrogens is 2. The predicted octanol–water partition coefficient (Wildman–Crippen LogP) is 4.73. The Morgan fingerprint density at radius 3 is 2.65 bits per heavy atom. The molecule has 0 aliphatic rings. The Morgan fingerprint density at radius 2 is 1.90 bits per heavy atom. The molecule has 160 valence electrons. The Kier molecular flexibility index (Phi) is 5.75. The molecule has 1 amide bonds. The maximum Gasteiger partial charge on any atom is 0.295 e. The molecule has 0 saturated heterocycles. The van der Waals surface area contributed by atoms with E-state index >= 15 is 0 Å². The molecule has 2 heterocycles. The number of carbonyl (C=O) groups is 1. The van der Waals surface area contributed by atoms with Crippen LogP contribution in [0.3, 0.4) is 0 Å². The van der Waals surface area contributed by atoms with Crippen LogP contribution in [0.25, 0.3) is 22.3 Å². The second-order valence-electron chi connectivity index (χ2n) is 7.27. The summed E-state index contributed by atoms with van der Waals surface area (Å²) in [7, 11) is 1.70. The highest BCUT2D eigenvalue weighted by molar-refractivity contribution is 5.97. The Morgan fingerprint density at radius 1 is 1.13 bits per heavy atom. The maximum atomic E-state index is 13.1. The van der Waals surface area contributed by atoms with Crippen LogP contribution in [-0.2, 0) is 6.42 Å². The fraction of sp³-hybridized carbons (Fsp3) is 0.227. The summed E-state index contributed by atoms with van der Waals surface area (Å²) in [6.07, 6.45) is -1.31. The van der Waals surface area contributed by atoms with Gasteiger partial charge in [0.15, 0.2) is 5.82 Å². The van der Waals surface area contributed by atoms with Crippen LogP contribution in [0.2, 0.25) is 0 Å². The highest BCUT2D eigenvalue weighted by Gasteiger charge is 2.16. The topological polar surface area (TPSA) is 77.7 Å². The molecule has 2 aromatic carbocycles. The van der Waals surface area contributed by atoms with E-state index in [0.717, 1.165) is 17.0 Å². The molecule has 2 aromatic heterocycles. The van der Waals surface area contributed by atoms with Gasteiger partial charge in [0.25, 0.3) is 12.3 Å². The highest BCUT2D eigenvalue weighted by atomic mass is 19.3. The number of aromatic amines is 2. The number of alkyl halides is 2. The van der Waals surface area contributed by atoms with Gasteiger partial charge < -0.3 is 9.88 Å². The summed E-state index contributed by atoms with van der Waals surface area (Å²) in [4.78, 5) is 20.6. The molecule has 0 aliphatic heterocycles. The number of rotatable bonds is 7. The predicted molar refractivity (Wildman–Crippen MR) is 110 cm³/mol. The minimum Gasteiger partial charge on any atom is -0.342 e. The van der Waals surface area contributed by atoms with Gasteiger partial charge in [-0.3, -0.25) is 9.89 Å². The summed E-state index contributed by atoms with van der Waals surface area (Å²) >= 11 is 0. The number of carbonyl (C=O) groups excluding carboxylic acids is 1. The van der Waals surface area contributed by atoms with E-state index in [1.54, 1.807) is 36.2 Å². The first-order valence-electron chi connectivity index (χ1n) is 9.74. The van der Waals surface area contributed by atoms with Crippen LogP contribution >= 0.6 is 0 Å². The van der Waals surface area contributed by atoms with Crippen LogP contribution in [-0.4, -0.2) is 44.6 Å². The zero-order chi connectivity index (χ0) is 22.0. The first-order chi connectivity index (χ1) is 14.9. The summed E-state index contributed by atoms with van der Waals surface area (Å²) in [6, 6.07) is 12.7. The van der Waals surface area contributed by atoms with E-state index in [4.69, 9.17) is 0 Å². The van der Waals surface area contributed by atoms with Crippen molar-refractivity contribution >= 4 is 16.9 Å². The van der Waals surface area contributed by atoms with Gasteiger partial charge in [-0.15, -0.1) is 0 Å². The first-order valence-corrected chi connectivity index (χ1v) is 9.74. The number of fused-ring (bicyclic) bond motifs is 1. The van der Waals surface area contributed by atoms with E-state index in [0.29, 0.717) is 36.0 Å². The first kappa shape index (κ1) is 20.6. The number of aryl methyl sites for hydroxylation is 1. The molecule has 2 N–H and O–H groups in total. The summed E-state index contributed by atoms with van der Waals surface area (Å²) in [5.74, 6) is -0.910. The van der Waals surface area contributed by atoms with Crippen molar-refractivity contribution in [1.82, 2.24) is 25.1 Å². The molecule has 4 rings (SSSR count). The zero-order valence-electron chi connectivity index (χ0n) is 16.7. The van der Waals surface area contributed by atoms with Crippen molar-refractivity contribution in [3.05, 3.63) is 71.4 Å². The molecule has 9 heteroatoms. The van der Waals surface area contributed by atoms with Crippen LogP contribution in [0.5, 0.6) is 0 Å². The van der Waals surface area contributed by atoms with Crippen LogP contribution in [0.1, 0.15) is 34.7 Å². The fourth-order valence-electron chi connectivity index (χ4n) is 3.35. The molecule has 0 saturated carbocycles. The lowest BCUT2D eigenvalue weighted by Crippen LogP contribution is -2.28. The van der Waals surface area contributed by atoms with Crippen molar-refractivity contribution in [2.45, 2.75) is 19.3 Å². The number of nitrogens with zero attached hydrogens (tertiary/aromatic N) is 3. The van der Waals surface area contributed by atoms with Crippen LogP contribution in [0.4, 0.5) is 13.2 Å². The van der Waals surface area contributed by atoms with E-state index < -0.39 is 12.2 Å². The third kappa shape index (κ3) is 4.60. The third-order valence-corrected chi connectivity index (χ3v) is 5.01. The summed E-state index contributed by atoms with van der Waals surface area (Å²) in [6.45, 7) is 0.507. The van der Waals surface area contributed by atoms with Gasteiger partial charge >= 0.3 is 0 Å². The lowest BCUT2D eigenvalue weighted by Gasteiger charge is -2.17. The summed E-state index contributed by atoms with van der Waals surface area (Å²) in [5.41, 5.74) is 3.67. The number of benzene rings is 2. The number of amides is 1.